The number of methoxy groups -OCH3 is 1. The fourth-order valence-corrected chi connectivity index (χ4v) is 3.20. The molecule has 1 atom stereocenters. The van der Waals surface area contributed by atoms with Crippen LogP contribution in [0.3, 0.4) is 0 Å². The molecule has 0 amide bonds. The highest BCUT2D eigenvalue weighted by atomic mass is 35.5. The van der Waals surface area contributed by atoms with Crippen molar-refractivity contribution in [3.05, 3.63) is 50.1 Å². The Bertz CT molecular complexity index is 559. The zero-order valence-corrected chi connectivity index (χ0v) is 12.6. The van der Waals surface area contributed by atoms with E-state index in [9.17, 15) is 0 Å². The molecule has 1 heterocycles. The van der Waals surface area contributed by atoms with Gasteiger partial charge in [-0.05, 0) is 29.5 Å². The molecule has 0 aliphatic carbocycles. The van der Waals surface area contributed by atoms with Crippen LogP contribution in [-0.4, -0.2) is 7.11 Å². The molecule has 1 unspecified atom stereocenters. The second-order valence-corrected chi connectivity index (χ2v) is 5.72. The minimum atomic E-state index is -0.0640. The van der Waals surface area contributed by atoms with E-state index in [1.54, 1.807) is 24.5 Å². The summed E-state index contributed by atoms with van der Waals surface area (Å²) in [5, 5.41) is 3.09. The largest absolute Gasteiger partial charge is 0.496 e. The van der Waals surface area contributed by atoms with Gasteiger partial charge in [0, 0.05) is 0 Å². The average molecular weight is 317 g/mol. The Hall–Kier alpha value is -0.780. The number of hydrazine groups is 1. The first kappa shape index (κ1) is 14.6. The molecule has 2 rings (SSSR count). The number of benzene rings is 1. The Morgan fingerprint density at radius 1 is 1.37 bits per heavy atom. The predicted octanol–water partition coefficient (Wildman–Crippen LogP) is 3.81. The summed E-state index contributed by atoms with van der Waals surface area (Å²) in [6.07, 6.45) is 0.646. The molecular weight excluding hydrogens is 303 g/mol. The highest BCUT2D eigenvalue weighted by Gasteiger charge is 2.18. The van der Waals surface area contributed by atoms with Crippen LogP contribution in [0.2, 0.25) is 10.0 Å². The van der Waals surface area contributed by atoms with Gasteiger partial charge >= 0.3 is 0 Å². The molecule has 0 aliphatic heterocycles. The van der Waals surface area contributed by atoms with Crippen LogP contribution >= 0.6 is 34.5 Å². The summed E-state index contributed by atoms with van der Waals surface area (Å²) in [6.45, 7) is 0. The van der Waals surface area contributed by atoms with Gasteiger partial charge in [-0.15, -0.1) is 11.3 Å². The van der Waals surface area contributed by atoms with Crippen LogP contribution in [0.25, 0.3) is 0 Å². The molecule has 0 radical (unpaired) electrons. The third kappa shape index (κ3) is 3.22. The van der Waals surface area contributed by atoms with Gasteiger partial charge in [0.1, 0.15) is 5.75 Å². The number of hydrogen-bond donors (Lipinski definition) is 2. The van der Waals surface area contributed by atoms with Crippen LogP contribution in [0.15, 0.2) is 29.6 Å². The topological polar surface area (TPSA) is 47.3 Å². The molecule has 6 heteroatoms. The van der Waals surface area contributed by atoms with E-state index in [4.69, 9.17) is 33.8 Å². The van der Waals surface area contributed by atoms with Crippen molar-refractivity contribution in [1.29, 1.82) is 0 Å². The quantitative estimate of drug-likeness (QED) is 0.651. The number of ether oxygens (including phenoxy) is 1. The molecule has 1 aromatic carbocycles. The summed E-state index contributed by atoms with van der Waals surface area (Å²) in [5.41, 5.74) is 3.75. The van der Waals surface area contributed by atoms with Crippen molar-refractivity contribution in [1.82, 2.24) is 5.43 Å². The van der Waals surface area contributed by atoms with Crippen molar-refractivity contribution in [3.8, 4) is 5.75 Å². The fraction of sp³-hybridized carbons (Fsp3) is 0.231. The minimum absolute atomic E-state index is 0.0640. The summed E-state index contributed by atoms with van der Waals surface area (Å²) >= 11 is 13.8. The summed E-state index contributed by atoms with van der Waals surface area (Å²) < 4.78 is 5.32. The lowest BCUT2D eigenvalue weighted by molar-refractivity contribution is 0.403. The first-order chi connectivity index (χ1) is 9.17. The summed E-state index contributed by atoms with van der Waals surface area (Å²) in [4.78, 5) is 1.04. The lowest BCUT2D eigenvalue weighted by Crippen LogP contribution is -2.29. The number of nitrogens with two attached hydrogens (primary N) is 1. The lowest BCUT2D eigenvalue weighted by atomic mass is 10.0. The summed E-state index contributed by atoms with van der Waals surface area (Å²) in [6, 6.07) is 7.45. The second kappa shape index (κ2) is 6.59. The van der Waals surface area contributed by atoms with Crippen LogP contribution in [0.5, 0.6) is 5.75 Å². The Morgan fingerprint density at radius 3 is 2.84 bits per heavy atom. The summed E-state index contributed by atoms with van der Waals surface area (Å²) in [5.74, 6) is 6.47. The monoisotopic (exact) mass is 316 g/mol. The van der Waals surface area contributed by atoms with Crippen molar-refractivity contribution >= 4 is 34.5 Å². The van der Waals surface area contributed by atoms with Gasteiger partial charge in [-0.1, -0.05) is 35.3 Å². The van der Waals surface area contributed by atoms with Gasteiger partial charge in [-0.25, -0.2) is 0 Å². The molecule has 0 bridgehead atoms. The Kier molecular flexibility index (Phi) is 5.07. The zero-order valence-electron chi connectivity index (χ0n) is 10.3. The third-order valence-corrected chi connectivity index (χ3v) is 4.72. The second-order valence-electron chi connectivity index (χ2n) is 3.99. The Morgan fingerprint density at radius 2 is 2.16 bits per heavy atom. The Balaban J connectivity index is 2.27. The number of nitrogens with one attached hydrogen (secondary N) is 1. The van der Waals surface area contributed by atoms with Gasteiger partial charge in [0.15, 0.2) is 0 Å². The van der Waals surface area contributed by atoms with Crippen LogP contribution in [0.4, 0.5) is 0 Å². The minimum Gasteiger partial charge on any atom is -0.496 e. The van der Waals surface area contributed by atoms with Gasteiger partial charge in [0.25, 0.3) is 0 Å². The number of thiophene rings is 1. The number of hydrogen-bond acceptors (Lipinski definition) is 4. The number of rotatable bonds is 5. The maximum atomic E-state index is 6.20. The first-order valence-electron chi connectivity index (χ1n) is 5.67. The van der Waals surface area contributed by atoms with Crippen LogP contribution < -0.4 is 16.0 Å². The van der Waals surface area contributed by atoms with Crippen molar-refractivity contribution in [2.75, 3.05) is 7.11 Å². The molecule has 0 aliphatic rings. The van der Waals surface area contributed by atoms with E-state index >= 15 is 0 Å². The van der Waals surface area contributed by atoms with Crippen LogP contribution in [0, 0.1) is 0 Å². The molecule has 1 aromatic heterocycles. The van der Waals surface area contributed by atoms with Crippen LogP contribution in [0.1, 0.15) is 16.5 Å². The SMILES string of the molecule is COc1ccsc1C(Cc1cccc(Cl)c1Cl)NN. The third-order valence-electron chi connectivity index (χ3n) is 2.85. The van der Waals surface area contributed by atoms with E-state index in [2.05, 4.69) is 5.43 Å². The number of halogens is 2. The first-order valence-corrected chi connectivity index (χ1v) is 7.31. The average Bonchev–Trinajstić information content (AvgIpc) is 2.88. The maximum Gasteiger partial charge on any atom is 0.134 e. The van der Waals surface area contributed by atoms with E-state index in [0.717, 1.165) is 16.2 Å². The molecular formula is C13H14Cl2N2OS. The van der Waals surface area contributed by atoms with Gasteiger partial charge in [0.05, 0.1) is 28.1 Å². The molecule has 2 aromatic rings. The fourth-order valence-electron chi connectivity index (χ4n) is 1.89. The van der Waals surface area contributed by atoms with Crippen molar-refractivity contribution in [3.63, 3.8) is 0 Å². The van der Waals surface area contributed by atoms with E-state index in [1.165, 1.54) is 0 Å². The van der Waals surface area contributed by atoms with Crippen molar-refractivity contribution in [2.45, 2.75) is 12.5 Å². The van der Waals surface area contributed by atoms with Gasteiger partial charge in [-0.3, -0.25) is 11.3 Å². The molecule has 0 fully saturated rings. The lowest BCUT2D eigenvalue weighted by Gasteiger charge is -2.17. The van der Waals surface area contributed by atoms with Crippen molar-refractivity contribution in [2.24, 2.45) is 5.84 Å². The summed E-state index contributed by atoms with van der Waals surface area (Å²) in [7, 11) is 1.64. The van der Waals surface area contributed by atoms with E-state index in [0.29, 0.717) is 16.5 Å². The molecule has 0 saturated heterocycles. The van der Waals surface area contributed by atoms with Gasteiger partial charge in [0.2, 0.25) is 0 Å². The smallest absolute Gasteiger partial charge is 0.134 e. The molecule has 0 saturated carbocycles. The highest BCUT2D eigenvalue weighted by molar-refractivity contribution is 7.10. The molecule has 3 N–H and O–H groups in total. The van der Waals surface area contributed by atoms with E-state index in [1.807, 2.05) is 23.6 Å². The molecule has 0 spiro atoms. The van der Waals surface area contributed by atoms with E-state index in [-0.39, 0.29) is 6.04 Å². The predicted molar refractivity (Wildman–Crippen MR) is 81.1 cm³/mol. The van der Waals surface area contributed by atoms with Crippen molar-refractivity contribution < 1.29 is 4.74 Å². The maximum absolute atomic E-state index is 6.20. The van der Waals surface area contributed by atoms with E-state index < -0.39 is 0 Å². The Labute approximate surface area is 126 Å². The standard InChI is InChI=1S/C13H14Cl2N2OS/c1-18-11-5-6-19-13(11)10(17-16)7-8-3-2-4-9(14)12(8)15/h2-6,10,17H,7,16H2,1H3. The highest BCUT2D eigenvalue weighted by Crippen LogP contribution is 2.34. The zero-order chi connectivity index (χ0) is 13.8. The normalized spacial score (nSPS) is 12.4. The van der Waals surface area contributed by atoms with Gasteiger partial charge < -0.3 is 4.74 Å². The molecule has 19 heavy (non-hydrogen) atoms. The van der Waals surface area contributed by atoms with Gasteiger partial charge in [-0.2, -0.15) is 0 Å². The molecule has 102 valence electrons. The van der Waals surface area contributed by atoms with Crippen LogP contribution in [-0.2, 0) is 6.42 Å². The molecule has 3 nitrogen and oxygen atoms in total.